The normalized spacial score (nSPS) is 18.5. The number of nitrogens with zero attached hydrogens (tertiary/aromatic N) is 3. The Hall–Kier alpha value is -3.00. The zero-order valence-corrected chi connectivity index (χ0v) is 16.4. The van der Waals surface area contributed by atoms with Crippen molar-refractivity contribution in [3.8, 4) is 22.8 Å². The van der Waals surface area contributed by atoms with E-state index in [1.54, 1.807) is 18.5 Å². The van der Waals surface area contributed by atoms with Crippen molar-refractivity contribution >= 4 is 17.7 Å². The molecule has 1 amide bonds. The fourth-order valence-corrected chi connectivity index (χ4v) is 4.76. The standard InChI is InChI=1S/C21H19N3O4S/c25-21(16-11-18(28-23-16)15-2-1-6-22-12-15)24-7-5-20(29-9-8-24)14-3-4-17-19(10-14)27-13-26-17/h1-4,6,10-12,20H,5,7-9,13H2. The minimum Gasteiger partial charge on any atom is -0.454 e. The van der Waals surface area contributed by atoms with E-state index in [1.165, 1.54) is 5.56 Å². The molecule has 8 heteroatoms. The lowest BCUT2D eigenvalue weighted by atomic mass is 10.1. The first-order valence-corrected chi connectivity index (χ1v) is 10.5. The number of carbonyl (C=O) groups excluding carboxylic acids is 1. The van der Waals surface area contributed by atoms with Gasteiger partial charge in [0.15, 0.2) is 23.0 Å². The van der Waals surface area contributed by atoms with Crippen LogP contribution >= 0.6 is 11.8 Å². The summed E-state index contributed by atoms with van der Waals surface area (Å²) in [7, 11) is 0. The second kappa shape index (κ2) is 7.79. The fraction of sp³-hybridized carbons (Fsp3) is 0.286. The maximum Gasteiger partial charge on any atom is 0.276 e. The van der Waals surface area contributed by atoms with Crippen LogP contribution in [0.15, 0.2) is 53.3 Å². The Bertz CT molecular complexity index is 1020. The van der Waals surface area contributed by atoms with Gasteiger partial charge in [0.1, 0.15) is 0 Å². The van der Waals surface area contributed by atoms with Gasteiger partial charge < -0.3 is 18.9 Å². The van der Waals surface area contributed by atoms with Crippen molar-refractivity contribution in [2.24, 2.45) is 0 Å². The summed E-state index contributed by atoms with van der Waals surface area (Å²) in [5, 5.41) is 4.29. The van der Waals surface area contributed by atoms with Gasteiger partial charge in [0.2, 0.25) is 6.79 Å². The van der Waals surface area contributed by atoms with E-state index in [0.717, 1.165) is 29.2 Å². The number of thioether (sulfide) groups is 1. The van der Waals surface area contributed by atoms with Crippen LogP contribution < -0.4 is 9.47 Å². The van der Waals surface area contributed by atoms with Crippen molar-refractivity contribution in [2.75, 3.05) is 25.6 Å². The van der Waals surface area contributed by atoms with Crippen LogP contribution in [0.5, 0.6) is 11.5 Å². The highest BCUT2D eigenvalue weighted by Gasteiger charge is 2.26. The zero-order chi connectivity index (χ0) is 19.6. The number of aromatic nitrogens is 2. The smallest absolute Gasteiger partial charge is 0.276 e. The molecule has 1 saturated heterocycles. The van der Waals surface area contributed by atoms with Crippen molar-refractivity contribution in [1.29, 1.82) is 0 Å². The largest absolute Gasteiger partial charge is 0.454 e. The summed E-state index contributed by atoms with van der Waals surface area (Å²) < 4.78 is 16.3. The second-order valence-electron chi connectivity index (χ2n) is 6.87. The second-order valence-corrected chi connectivity index (χ2v) is 8.18. The van der Waals surface area contributed by atoms with Gasteiger partial charge in [-0.2, -0.15) is 11.8 Å². The van der Waals surface area contributed by atoms with Crippen LogP contribution in [0, 0.1) is 0 Å². The number of carbonyl (C=O) groups is 1. The first-order chi connectivity index (χ1) is 14.3. The van der Waals surface area contributed by atoms with Gasteiger partial charge in [0, 0.05) is 48.1 Å². The Kier molecular flexibility index (Phi) is 4.85. The summed E-state index contributed by atoms with van der Waals surface area (Å²) in [6.45, 7) is 1.62. The zero-order valence-electron chi connectivity index (χ0n) is 15.6. The summed E-state index contributed by atoms with van der Waals surface area (Å²) in [5.41, 5.74) is 2.33. The predicted octanol–water partition coefficient (Wildman–Crippen LogP) is 3.79. The highest BCUT2D eigenvalue weighted by atomic mass is 32.2. The highest BCUT2D eigenvalue weighted by molar-refractivity contribution is 7.99. The number of rotatable bonds is 3. The monoisotopic (exact) mass is 409 g/mol. The molecule has 2 aliphatic heterocycles. The summed E-state index contributed by atoms with van der Waals surface area (Å²) in [5.74, 6) is 2.89. The topological polar surface area (TPSA) is 77.7 Å². The molecule has 1 aromatic carbocycles. The number of hydrogen-bond acceptors (Lipinski definition) is 7. The molecule has 4 heterocycles. The summed E-state index contributed by atoms with van der Waals surface area (Å²) >= 11 is 1.86. The van der Waals surface area contributed by atoms with Crippen molar-refractivity contribution < 1.29 is 18.8 Å². The first-order valence-electron chi connectivity index (χ1n) is 9.45. The van der Waals surface area contributed by atoms with Crippen LogP contribution in [0.4, 0.5) is 0 Å². The molecule has 0 bridgehead atoms. The highest BCUT2D eigenvalue weighted by Crippen LogP contribution is 2.40. The first kappa shape index (κ1) is 18.1. The fourth-order valence-electron chi connectivity index (χ4n) is 3.54. The number of ether oxygens (including phenoxy) is 2. The Morgan fingerprint density at radius 1 is 1.14 bits per heavy atom. The Balaban J connectivity index is 1.27. The molecule has 7 nitrogen and oxygen atoms in total. The van der Waals surface area contributed by atoms with Crippen molar-refractivity contribution in [3.05, 3.63) is 60.0 Å². The lowest BCUT2D eigenvalue weighted by molar-refractivity contribution is 0.0756. The van der Waals surface area contributed by atoms with Gasteiger partial charge in [-0.3, -0.25) is 9.78 Å². The van der Waals surface area contributed by atoms with E-state index in [1.807, 2.05) is 34.9 Å². The van der Waals surface area contributed by atoms with Gasteiger partial charge in [-0.05, 0) is 36.2 Å². The number of hydrogen-bond donors (Lipinski definition) is 0. The third kappa shape index (κ3) is 3.67. The number of fused-ring (bicyclic) bond motifs is 1. The van der Waals surface area contributed by atoms with E-state index in [9.17, 15) is 4.79 Å². The summed E-state index contributed by atoms with van der Waals surface area (Å²) in [6, 6.07) is 11.5. The quantitative estimate of drug-likeness (QED) is 0.651. The van der Waals surface area contributed by atoms with Gasteiger partial charge in [0.25, 0.3) is 5.91 Å². The molecule has 3 aromatic rings. The molecule has 0 spiro atoms. The summed E-state index contributed by atoms with van der Waals surface area (Å²) in [6.07, 6.45) is 4.24. The van der Waals surface area contributed by atoms with Crippen molar-refractivity contribution in [3.63, 3.8) is 0 Å². The number of amides is 1. The maximum atomic E-state index is 12.9. The van der Waals surface area contributed by atoms with Crippen LogP contribution in [0.1, 0.15) is 27.7 Å². The Morgan fingerprint density at radius 3 is 2.97 bits per heavy atom. The van der Waals surface area contributed by atoms with Crippen LogP contribution in [0.2, 0.25) is 0 Å². The van der Waals surface area contributed by atoms with E-state index in [0.29, 0.717) is 29.8 Å². The van der Waals surface area contributed by atoms with Gasteiger partial charge >= 0.3 is 0 Å². The molecule has 5 rings (SSSR count). The molecule has 0 N–H and O–H groups in total. The van der Waals surface area contributed by atoms with Gasteiger partial charge in [-0.1, -0.05) is 11.2 Å². The SMILES string of the molecule is O=C(c1cc(-c2cccnc2)on1)N1CCSC(c2ccc3c(c2)OCO3)CC1. The van der Waals surface area contributed by atoms with Crippen LogP contribution in [0.25, 0.3) is 11.3 Å². The Morgan fingerprint density at radius 2 is 2.07 bits per heavy atom. The summed E-state index contributed by atoms with van der Waals surface area (Å²) in [4.78, 5) is 18.9. The Labute approximate surface area is 172 Å². The average Bonchev–Trinajstić information content (AvgIpc) is 3.38. The lowest BCUT2D eigenvalue weighted by Gasteiger charge is -2.19. The molecule has 1 fully saturated rings. The van der Waals surface area contributed by atoms with Crippen molar-refractivity contribution in [2.45, 2.75) is 11.7 Å². The molecule has 0 radical (unpaired) electrons. The van der Waals surface area contributed by atoms with Crippen molar-refractivity contribution in [1.82, 2.24) is 15.0 Å². The minimum absolute atomic E-state index is 0.101. The molecule has 2 aromatic heterocycles. The van der Waals surface area contributed by atoms with E-state index in [-0.39, 0.29) is 12.7 Å². The van der Waals surface area contributed by atoms with Crippen LogP contribution in [-0.4, -0.2) is 46.6 Å². The molecule has 0 aliphatic carbocycles. The molecule has 1 unspecified atom stereocenters. The van der Waals surface area contributed by atoms with E-state index >= 15 is 0 Å². The van der Waals surface area contributed by atoms with Gasteiger partial charge in [-0.25, -0.2) is 0 Å². The number of pyridine rings is 1. The predicted molar refractivity (Wildman–Crippen MR) is 108 cm³/mol. The molecule has 29 heavy (non-hydrogen) atoms. The molecule has 0 saturated carbocycles. The molecular weight excluding hydrogens is 390 g/mol. The average molecular weight is 409 g/mol. The molecule has 1 atom stereocenters. The third-order valence-corrected chi connectivity index (χ3v) is 6.40. The molecule has 2 aliphatic rings. The molecule has 148 valence electrons. The van der Waals surface area contributed by atoms with Crippen LogP contribution in [-0.2, 0) is 0 Å². The lowest BCUT2D eigenvalue weighted by Crippen LogP contribution is -2.33. The maximum absolute atomic E-state index is 12.9. The van der Waals surface area contributed by atoms with E-state index in [4.69, 9.17) is 14.0 Å². The van der Waals surface area contributed by atoms with Gasteiger partial charge in [0.05, 0.1) is 0 Å². The van der Waals surface area contributed by atoms with Crippen LogP contribution in [0.3, 0.4) is 0 Å². The number of benzene rings is 1. The molecular formula is C21H19N3O4S. The third-order valence-electron chi connectivity index (χ3n) is 5.07. The van der Waals surface area contributed by atoms with E-state index in [2.05, 4.69) is 22.3 Å². The minimum atomic E-state index is -0.101. The van der Waals surface area contributed by atoms with Gasteiger partial charge in [-0.15, -0.1) is 0 Å². The van der Waals surface area contributed by atoms with E-state index < -0.39 is 0 Å².